The minimum Gasteiger partial charge on any atom is -0.497 e. The number of carbonyl (C=O) groups excluding carboxylic acids is 2. The molecule has 0 atom stereocenters. The summed E-state index contributed by atoms with van der Waals surface area (Å²) in [7, 11) is 1.60. The van der Waals surface area contributed by atoms with Crippen molar-refractivity contribution in [3.63, 3.8) is 0 Å². The number of nitrogens with zero attached hydrogens (tertiary/aromatic N) is 2. The number of hydrogen-bond donors (Lipinski definition) is 3. The van der Waals surface area contributed by atoms with E-state index < -0.39 is 18.2 Å². The molecule has 0 bridgehead atoms. The molecule has 0 unspecified atom stereocenters. The van der Waals surface area contributed by atoms with Gasteiger partial charge in [0.2, 0.25) is 5.95 Å². The van der Waals surface area contributed by atoms with Gasteiger partial charge in [-0.3, -0.25) is 20.4 Å². The van der Waals surface area contributed by atoms with E-state index in [-0.39, 0.29) is 11.1 Å². The SMILES string of the molecule is CC.COc1cccc(C2(Nc3ncc(C(=O)NNC(=O)C(F)F)cn3)CC2)c1. The van der Waals surface area contributed by atoms with Gasteiger partial charge in [-0.2, -0.15) is 8.78 Å². The third kappa shape index (κ3) is 5.59. The molecule has 2 aromatic rings. The van der Waals surface area contributed by atoms with Gasteiger partial charge < -0.3 is 10.1 Å². The third-order valence-electron chi connectivity index (χ3n) is 4.13. The van der Waals surface area contributed by atoms with E-state index in [4.69, 9.17) is 4.74 Å². The van der Waals surface area contributed by atoms with E-state index in [1.807, 2.05) is 43.5 Å². The minimum atomic E-state index is -3.22. The second-order valence-electron chi connectivity index (χ2n) is 5.98. The lowest BCUT2D eigenvalue weighted by Crippen LogP contribution is -2.44. The summed E-state index contributed by atoms with van der Waals surface area (Å²) in [4.78, 5) is 30.7. The van der Waals surface area contributed by atoms with Crippen molar-refractivity contribution >= 4 is 17.8 Å². The van der Waals surface area contributed by atoms with Crippen molar-refractivity contribution in [1.82, 2.24) is 20.8 Å². The number of hydrogen-bond acceptors (Lipinski definition) is 6. The number of carbonyl (C=O) groups is 2. The lowest BCUT2D eigenvalue weighted by Gasteiger charge is -2.18. The average Bonchev–Trinajstić information content (AvgIpc) is 3.54. The van der Waals surface area contributed by atoms with Crippen LogP contribution in [0.4, 0.5) is 14.7 Å². The highest BCUT2D eigenvalue weighted by Crippen LogP contribution is 2.48. The third-order valence-corrected chi connectivity index (χ3v) is 4.13. The van der Waals surface area contributed by atoms with E-state index in [9.17, 15) is 18.4 Å². The first-order chi connectivity index (χ1) is 13.9. The van der Waals surface area contributed by atoms with Gasteiger partial charge in [0.25, 0.3) is 5.91 Å². The summed E-state index contributed by atoms with van der Waals surface area (Å²) in [6.07, 6.45) is 1.04. The van der Waals surface area contributed by atoms with Gasteiger partial charge in [-0.25, -0.2) is 9.97 Å². The van der Waals surface area contributed by atoms with Crippen molar-refractivity contribution in [2.24, 2.45) is 0 Å². The molecular formula is C19H23F2N5O3. The second-order valence-corrected chi connectivity index (χ2v) is 5.98. The summed E-state index contributed by atoms with van der Waals surface area (Å²) >= 11 is 0. The van der Waals surface area contributed by atoms with Crippen LogP contribution in [-0.2, 0) is 10.3 Å². The molecule has 1 aromatic carbocycles. The summed E-state index contributed by atoms with van der Waals surface area (Å²) < 4.78 is 29.4. The minimum absolute atomic E-state index is 0.0151. The predicted molar refractivity (Wildman–Crippen MR) is 103 cm³/mol. The Kier molecular flexibility index (Phi) is 7.40. The first-order valence-corrected chi connectivity index (χ1v) is 9.07. The Hall–Kier alpha value is -3.30. The van der Waals surface area contributed by atoms with Gasteiger partial charge in [-0.15, -0.1) is 0 Å². The molecule has 3 N–H and O–H groups in total. The molecule has 29 heavy (non-hydrogen) atoms. The van der Waals surface area contributed by atoms with Crippen LogP contribution in [0.15, 0.2) is 36.7 Å². The van der Waals surface area contributed by atoms with Crippen molar-refractivity contribution in [3.8, 4) is 5.75 Å². The Morgan fingerprint density at radius 2 is 1.79 bits per heavy atom. The fourth-order valence-corrected chi connectivity index (χ4v) is 2.50. The molecule has 1 fully saturated rings. The molecule has 0 radical (unpaired) electrons. The largest absolute Gasteiger partial charge is 0.497 e. The molecule has 1 aliphatic rings. The number of rotatable bonds is 6. The average molecular weight is 407 g/mol. The van der Waals surface area contributed by atoms with E-state index in [0.29, 0.717) is 5.95 Å². The van der Waals surface area contributed by atoms with Crippen LogP contribution in [-0.4, -0.2) is 35.3 Å². The summed E-state index contributed by atoms with van der Waals surface area (Å²) in [5.74, 6) is -1.33. The Morgan fingerprint density at radius 3 is 2.34 bits per heavy atom. The zero-order valence-electron chi connectivity index (χ0n) is 16.3. The zero-order valence-corrected chi connectivity index (χ0v) is 16.3. The molecule has 1 saturated carbocycles. The van der Waals surface area contributed by atoms with Crippen LogP contribution in [0.25, 0.3) is 0 Å². The topological polar surface area (TPSA) is 105 Å². The monoisotopic (exact) mass is 407 g/mol. The van der Waals surface area contributed by atoms with E-state index >= 15 is 0 Å². The van der Waals surface area contributed by atoms with Crippen molar-refractivity contribution in [1.29, 1.82) is 0 Å². The van der Waals surface area contributed by atoms with Crippen LogP contribution < -0.4 is 20.9 Å². The highest BCUT2D eigenvalue weighted by molar-refractivity contribution is 5.95. The van der Waals surface area contributed by atoms with Crippen LogP contribution in [0.5, 0.6) is 5.75 Å². The number of hydrazine groups is 1. The zero-order chi connectivity index (χ0) is 21.4. The quantitative estimate of drug-likeness (QED) is 0.636. The number of anilines is 1. The molecule has 156 valence electrons. The number of aromatic nitrogens is 2. The highest BCUT2D eigenvalue weighted by atomic mass is 19.3. The Balaban J connectivity index is 0.00000145. The summed E-state index contributed by atoms with van der Waals surface area (Å²) in [6, 6.07) is 7.68. The van der Waals surface area contributed by atoms with E-state index in [0.717, 1.165) is 24.2 Å². The van der Waals surface area contributed by atoms with Crippen molar-refractivity contribution in [2.45, 2.75) is 38.7 Å². The van der Waals surface area contributed by atoms with Crippen LogP contribution in [0.2, 0.25) is 0 Å². The molecule has 10 heteroatoms. The van der Waals surface area contributed by atoms with Gasteiger partial charge in [-0.05, 0) is 30.5 Å². The predicted octanol–water partition coefficient (Wildman–Crippen LogP) is 2.64. The Morgan fingerprint density at radius 1 is 1.14 bits per heavy atom. The maximum absolute atomic E-state index is 12.1. The first kappa shape index (κ1) is 22.0. The van der Waals surface area contributed by atoms with Gasteiger partial charge in [-0.1, -0.05) is 26.0 Å². The van der Waals surface area contributed by atoms with Gasteiger partial charge in [0.15, 0.2) is 0 Å². The number of nitrogens with one attached hydrogen (secondary N) is 3. The number of alkyl halides is 2. The number of amides is 2. The summed E-state index contributed by atoms with van der Waals surface area (Å²) in [5, 5.41) is 3.25. The van der Waals surface area contributed by atoms with E-state index in [2.05, 4.69) is 15.3 Å². The fraction of sp³-hybridized carbons (Fsp3) is 0.368. The molecule has 0 saturated heterocycles. The van der Waals surface area contributed by atoms with E-state index in [1.165, 1.54) is 12.4 Å². The van der Waals surface area contributed by atoms with Gasteiger partial charge in [0.05, 0.1) is 18.2 Å². The summed E-state index contributed by atoms with van der Waals surface area (Å²) in [5.41, 5.74) is 4.24. The molecule has 1 aliphatic carbocycles. The van der Waals surface area contributed by atoms with Gasteiger partial charge in [0.1, 0.15) is 5.75 Å². The highest BCUT2D eigenvalue weighted by Gasteiger charge is 2.45. The van der Waals surface area contributed by atoms with Crippen molar-refractivity contribution in [2.75, 3.05) is 12.4 Å². The van der Waals surface area contributed by atoms with Crippen LogP contribution in [0.3, 0.4) is 0 Å². The number of benzene rings is 1. The number of ether oxygens (including phenoxy) is 1. The Bertz CT molecular complexity index is 842. The maximum atomic E-state index is 12.1. The molecular weight excluding hydrogens is 384 g/mol. The first-order valence-electron chi connectivity index (χ1n) is 9.07. The lowest BCUT2D eigenvalue weighted by molar-refractivity contribution is -0.132. The molecule has 1 heterocycles. The number of methoxy groups -OCH3 is 1. The molecule has 3 rings (SSSR count). The van der Waals surface area contributed by atoms with Crippen molar-refractivity contribution in [3.05, 3.63) is 47.8 Å². The van der Waals surface area contributed by atoms with Gasteiger partial charge in [0, 0.05) is 12.4 Å². The van der Waals surface area contributed by atoms with Crippen molar-refractivity contribution < 1.29 is 23.1 Å². The number of halogens is 2. The molecule has 0 aliphatic heterocycles. The van der Waals surface area contributed by atoms with E-state index in [1.54, 1.807) is 12.5 Å². The second kappa shape index (κ2) is 9.76. The molecule has 0 spiro atoms. The fourth-order valence-electron chi connectivity index (χ4n) is 2.50. The van der Waals surface area contributed by atoms with Crippen LogP contribution >= 0.6 is 0 Å². The van der Waals surface area contributed by atoms with Crippen LogP contribution in [0.1, 0.15) is 42.6 Å². The standard InChI is InChI=1S/C17H17F2N5O3.C2H6/c1-27-12-4-2-3-11(7-12)17(5-6-17)22-16-20-8-10(9-21-16)14(25)23-24-15(26)13(18)19;1-2/h2-4,7-9,13H,5-6H2,1H3,(H,23,25)(H,24,26)(H,20,21,22);1-2H3. The lowest BCUT2D eigenvalue weighted by atomic mass is 10.0. The smallest absolute Gasteiger partial charge is 0.317 e. The molecule has 1 aromatic heterocycles. The molecule has 8 nitrogen and oxygen atoms in total. The maximum Gasteiger partial charge on any atom is 0.317 e. The normalized spacial score (nSPS) is 13.6. The summed E-state index contributed by atoms with van der Waals surface area (Å²) in [6.45, 7) is 4.00. The molecule has 2 amide bonds. The Labute approximate surface area is 167 Å². The van der Waals surface area contributed by atoms with Gasteiger partial charge >= 0.3 is 12.3 Å². The van der Waals surface area contributed by atoms with Crippen LogP contribution in [0, 0.1) is 0 Å².